The lowest BCUT2D eigenvalue weighted by molar-refractivity contribution is 0.0747. The summed E-state index contributed by atoms with van der Waals surface area (Å²) in [5, 5.41) is 0.964. The third kappa shape index (κ3) is 2.12. The second-order valence-electron chi connectivity index (χ2n) is 5.64. The predicted octanol–water partition coefficient (Wildman–Crippen LogP) is 2.24. The highest BCUT2D eigenvalue weighted by Gasteiger charge is 2.36. The zero-order valence-electron chi connectivity index (χ0n) is 11.1. The Bertz CT molecular complexity index is 586. The molecule has 19 heavy (non-hydrogen) atoms. The maximum atomic E-state index is 12.4. The van der Waals surface area contributed by atoms with Gasteiger partial charge in [0.15, 0.2) is 5.76 Å². The van der Waals surface area contributed by atoms with Crippen molar-refractivity contribution >= 4 is 16.9 Å². The monoisotopic (exact) mass is 258 g/mol. The molecule has 0 bridgehead atoms. The number of hydrogen-bond acceptors (Lipinski definition) is 3. The molecule has 4 nitrogen and oxygen atoms in total. The average molecular weight is 258 g/mol. The van der Waals surface area contributed by atoms with Gasteiger partial charge in [0.2, 0.25) is 0 Å². The van der Waals surface area contributed by atoms with Gasteiger partial charge in [0, 0.05) is 18.5 Å². The van der Waals surface area contributed by atoms with E-state index in [0.29, 0.717) is 18.8 Å². The van der Waals surface area contributed by atoms with E-state index in [1.807, 2.05) is 35.2 Å². The quantitative estimate of drug-likeness (QED) is 0.898. The van der Waals surface area contributed by atoms with E-state index in [9.17, 15) is 4.79 Å². The maximum absolute atomic E-state index is 12.4. The Hall–Kier alpha value is -1.81. The van der Waals surface area contributed by atoms with E-state index in [0.717, 1.165) is 23.9 Å². The highest BCUT2D eigenvalue weighted by Crippen LogP contribution is 2.30. The molecular formula is C15H18N2O2. The first kappa shape index (κ1) is 12.2. The van der Waals surface area contributed by atoms with E-state index in [1.54, 1.807) is 0 Å². The number of para-hydroxylation sites is 1. The van der Waals surface area contributed by atoms with E-state index in [2.05, 4.69) is 6.92 Å². The molecule has 1 fully saturated rings. The summed E-state index contributed by atoms with van der Waals surface area (Å²) in [6, 6.07) is 9.48. The molecule has 2 aromatic rings. The van der Waals surface area contributed by atoms with E-state index in [-0.39, 0.29) is 11.3 Å². The zero-order valence-corrected chi connectivity index (χ0v) is 11.1. The van der Waals surface area contributed by atoms with Crippen molar-refractivity contribution < 1.29 is 9.21 Å². The Morgan fingerprint density at radius 2 is 2.26 bits per heavy atom. The van der Waals surface area contributed by atoms with Gasteiger partial charge in [-0.15, -0.1) is 0 Å². The van der Waals surface area contributed by atoms with E-state index >= 15 is 0 Å². The van der Waals surface area contributed by atoms with Gasteiger partial charge in [-0.2, -0.15) is 0 Å². The zero-order chi connectivity index (χ0) is 13.5. The molecule has 0 radical (unpaired) electrons. The number of hydrogen-bond donors (Lipinski definition) is 1. The van der Waals surface area contributed by atoms with Gasteiger partial charge >= 0.3 is 0 Å². The SMILES string of the molecule is CC1(CN)CCN(C(=O)c2cc3ccccc3o2)C1. The molecule has 1 saturated heterocycles. The highest BCUT2D eigenvalue weighted by atomic mass is 16.3. The number of nitrogens with zero attached hydrogens (tertiary/aromatic N) is 1. The summed E-state index contributed by atoms with van der Waals surface area (Å²) in [6.45, 7) is 4.19. The van der Waals surface area contributed by atoms with Crippen molar-refractivity contribution in [1.29, 1.82) is 0 Å². The number of nitrogens with two attached hydrogens (primary N) is 1. The van der Waals surface area contributed by atoms with Crippen molar-refractivity contribution in [2.45, 2.75) is 13.3 Å². The summed E-state index contributed by atoms with van der Waals surface area (Å²) in [4.78, 5) is 14.2. The Labute approximate surface area is 112 Å². The van der Waals surface area contributed by atoms with Crippen LogP contribution in [-0.2, 0) is 0 Å². The number of furan rings is 1. The Morgan fingerprint density at radius 1 is 1.47 bits per heavy atom. The molecule has 1 amide bonds. The molecule has 3 rings (SSSR count). The first-order valence-corrected chi connectivity index (χ1v) is 6.59. The molecule has 1 aliphatic heterocycles. The summed E-state index contributed by atoms with van der Waals surface area (Å²) in [7, 11) is 0. The van der Waals surface area contributed by atoms with Crippen molar-refractivity contribution in [2.75, 3.05) is 19.6 Å². The fourth-order valence-electron chi connectivity index (χ4n) is 2.61. The second kappa shape index (κ2) is 4.38. The molecule has 1 aromatic carbocycles. The summed E-state index contributed by atoms with van der Waals surface area (Å²) >= 11 is 0. The van der Waals surface area contributed by atoms with Crippen LogP contribution in [-0.4, -0.2) is 30.4 Å². The lowest BCUT2D eigenvalue weighted by Gasteiger charge is -2.21. The van der Waals surface area contributed by atoms with Crippen LogP contribution < -0.4 is 5.73 Å². The van der Waals surface area contributed by atoms with Crippen LogP contribution in [0.2, 0.25) is 0 Å². The van der Waals surface area contributed by atoms with E-state index < -0.39 is 0 Å². The number of carbonyl (C=O) groups is 1. The third-order valence-electron chi connectivity index (χ3n) is 3.97. The molecule has 1 aliphatic rings. The van der Waals surface area contributed by atoms with Crippen LogP contribution in [0.25, 0.3) is 11.0 Å². The summed E-state index contributed by atoms with van der Waals surface area (Å²) < 4.78 is 5.62. The largest absolute Gasteiger partial charge is 0.451 e. The van der Waals surface area contributed by atoms with Gasteiger partial charge in [-0.1, -0.05) is 25.1 Å². The summed E-state index contributed by atoms with van der Waals surface area (Å²) in [6.07, 6.45) is 0.954. The van der Waals surface area contributed by atoms with Crippen LogP contribution in [0.5, 0.6) is 0 Å². The van der Waals surface area contributed by atoms with Gasteiger partial charge in [0.25, 0.3) is 5.91 Å². The smallest absolute Gasteiger partial charge is 0.289 e. The van der Waals surface area contributed by atoms with Crippen LogP contribution in [0, 0.1) is 5.41 Å². The molecule has 1 aromatic heterocycles. The number of amides is 1. The van der Waals surface area contributed by atoms with Gasteiger partial charge < -0.3 is 15.1 Å². The average Bonchev–Trinajstić information content (AvgIpc) is 3.02. The first-order valence-electron chi connectivity index (χ1n) is 6.59. The van der Waals surface area contributed by atoms with Gasteiger partial charge in [-0.3, -0.25) is 4.79 Å². The normalized spacial score (nSPS) is 23.2. The molecule has 100 valence electrons. The first-order chi connectivity index (χ1) is 9.11. The molecular weight excluding hydrogens is 240 g/mol. The molecule has 2 heterocycles. The molecule has 1 unspecified atom stereocenters. The fourth-order valence-corrected chi connectivity index (χ4v) is 2.61. The number of carbonyl (C=O) groups excluding carboxylic acids is 1. The Balaban J connectivity index is 1.84. The number of benzene rings is 1. The van der Waals surface area contributed by atoms with Crippen molar-refractivity contribution in [3.05, 3.63) is 36.1 Å². The second-order valence-corrected chi connectivity index (χ2v) is 5.64. The minimum Gasteiger partial charge on any atom is -0.451 e. The van der Waals surface area contributed by atoms with Crippen molar-refractivity contribution in [1.82, 2.24) is 4.90 Å². The van der Waals surface area contributed by atoms with Crippen LogP contribution in [0.4, 0.5) is 0 Å². The van der Waals surface area contributed by atoms with Gasteiger partial charge in [-0.25, -0.2) is 0 Å². The third-order valence-corrected chi connectivity index (χ3v) is 3.97. The summed E-state index contributed by atoms with van der Waals surface area (Å²) in [5.41, 5.74) is 6.57. The van der Waals surface area contributed by atoms with Crippen LogP contribution in [0.1, 0.15) is 23.9 Å². The topological polar surface area (TPSA) is 59.5 Å². The molecule has 4 heteroatoms. The summed E-state index contributed by atoms with van der Waals surface area (Å²) in [5.74, 6) is 0.385. The van der Waals surface area contributed by atoms with E-state index in [1.165, 1.54) is 0 Å². The Kier molecular flexibility index (Phi) is 2.82. The van der Waals surface area contributed by atoms with Crippen LogP contribution >= 0.6 is 0 Å². The van der Waals surface area contributed by atoms with Crippen molar-refractivity contribution in [2.24, 2.45) is 11.1 Å². The molecule has 0 saturated carbocycles. The predicted molar refractivity (Wildman–Crippen MR) is 73.9 cm³/mol. The molecule has 1 atom stereocenters. The Morgan fingerprint density at radius 3 is 2.95 bits per heavy atom. The minimum absolute atomic E-state index is 0.0339. The van der Waals surface area contributed by atoms with Crippen LogP contribution in [0.15, 0.2) is 34.7 Å². The number of rotatable bonds is 2. The molecule has 0 aliphatic carbocycles. The maximum Gasteiger partial charge on any atom is 0.289 e. The standard InChI is InChI=1S/C15H18N2O2/c1-15(9-16)6-7-17(10-15)14(18)13-8-11-4-2-3-5-12(11)19-13/h2-5,8H,6-7,9-10,16H2,1H3. The van der Waals surface area contributed by atoms with Gasteiger partial charge in [-0.05, 0) is 30.5 Å². The van der Waals surface area contributed by atoms with Crippen molar-refractivity contribution in [3.8, 4) is 0 Å². The minimum atomic E-state index is -0.0339. The molecule has 2 N–H and O–H groups in total. The highest BCUT2D eigenvalue weighted by molar-refractivity contribution is 5.96. The van der Waals surface area contributed by atoms with Gasteiger partial charge in [0.05, 0.1) is 0 Å². The lowest BCUT2D eigenvalue weighted by Crippen LogP contribution is -2.34. The van der Waals surface area contributed by atoms with Gasteiger partial charge in [0.1, 0.15) is 5.58 Å². The fraction of sp³-hybridized carbons (Fsp3) is 0.400. The van der Waals surface area contributed by atoms with E-state index in [4.69, 9.17) is 10.2 Å². The number of fused-ring (bicyclic) bond motifs is 1. The number of likely N-dealkylation sites (tertiary alicyclic amines) is 1. The van der Waals surface area contributed by atoms with Crippen molar-refractivity contribution in [3.63, 3.8) is 0 Å². The lowest BCUT2D eigenvalue weighted by atomic mass is 9.90. The molecule has 0 spiro atoms. The van der Waals surface area contributed by atoms with Crippen LogP contribution in [0.3, 0.4) is 0 Å².